The van der Waals surface area contributed by atoms with Gasteiger partial charge in [-0.1, -0.05) is 32.6 Å². The van der Waals surface area contributed by atoms with E-state index in [2.05, 4.69) is 23.8 Å². The second kappa shape index (κ2) is 7.61. The molecule has 1 saturated carbocycles. The summed E-state index contributed by atoms with van der Waals surface area (Å²) < 4.78 is 0. The van der Waals surface area contributed by atoms with Crippen molar-refractivity contribution in [1.82, 2.24) is 9.80 Å². The molecule has 2 aliphatic rings. The van der Waals surface area contributed by atoms with Crippen LogP contribution in [0.25, 0.3) is 0 Å². The molecule has 0 spiro atoms. The summed E-state index contributed by atoms with van der Waals surface area (Å²) in [5.41, 5.74) is 6.53. The van der Waals surface area contributed by atoms with Crippen LogP contribution in [0, 0.1) is 0 Å². The Hall–Kier alpha value is -0.120. The van der Waals surface area contributed by atoms with Gasteiger partial charge >= 0.3 is 0 Å². The van der Waals surface area contributed by atoms with Crippen LogP contribution in [0.3, 0.4) is 0 Å². The molecule has 0 aromatic heterocycles. The van der Waals surface area contributed by atoms with E-state index in [9.17, 15) is 0 Å². The van der Waals surface area contributed by atoms with Crippen LogP contribution in [-0.4, -0.2) is 54.6 Å². The lowest BCUT2D eigenvalue weighted by molar-refractivity contribution is 0.0955. The van der Waals surface area contributed by atoms with Crippen LogP contribution in [0.5, 0.6) is 0 Å². The molecule has 2 rings (SSSR count). The molecule has 0 aromatic rings. The lowest BCUT2D eigenvalue weighted by Gasteiger charge is -2.41. The zero-order valence-corrected chi connectivity index (χ0v) is 13.0. The highest BCUT2D eigenvalue weighted by atomic mass is 15.3. The Bertz CT molecular complexity index is 256. The predicted octanol–water partition coefficient (Wildman–Crippen LogP) is 2.45. The summed E-state index contributed by atoms with van der Waals surface area (Å²) in [4.78, 5) is 5.28. The summed E-state index contributed by atoms with van der Waals surface area (Å²) in [5, 5.41) is 0. The standard InChI is InChI=1S/C16H33N3/c1-3-14-13-18(2)11-8-12-19(14)16-10-7-5-4-6-9-15(16)17/h14-16H,3-13,17H2,1-2H3. The summed E-state index contributed by atoms with van der Waals surface area (Å²) in [6, 6.07) is 1.75. The third-order valence-corrected chi connectivity index (χ3v) is 5.13. The highest BCUT2D eigenvalue weighted by Crippen LogP contribution is 2.25. The first-order valence-electron chi connectivity index (χ1n) is 8.42. The van der Waals surface area contributed by atoms with Crippen LogP contribution in [0.2, 0.25) is 0 Å². The zero-order valence-electron chi connectivity index (χ0n) is 13.0. The quantitative estimate of drug-likeness (QED) is 0.834. The topological polar surface area (TPSA) is 32.5 Å². The van der Waals surface area contributed by atoms with Gasteiger partial charge in [-0.3, -0.25) is 4.90 Å². The Morgan fingerprint density at radius 1 is 1.00 bits per heavy atom. The summed E-state index contributed by atoms with van der Waals surface area (Å²) in [5.74, 6) is 0. The fourth-order valence-corrected chi connectivity index (χ4v) is 3.97. The van der Waals surface area contributed by atoms with Crippen molar-refractivity contribution < 1.29 is 0 Å². The van der Waals surface area contributed by atoms with Crippen molar-refractivity contribution in [3.8, 4) is 0 Å². The molecule has 1 aliphatic carbocycles. The molecule has 3 heteroatoms. The Morgan fingerprint density at radius 3 is 2.47 bits per heavy atom. The van der Waals surface area contributed by atoms with Crippen LogP contribution in [0.15, 0.2) is 0 Å². The molecule has 0 aromatic carbocycles. The minimum absolute atomic E-state index is 0.401. The number of rotatable bonds is 2. The minimum atomic E-state index is 0.401. The molecule has 1 heterocycles. The predicted molar refractivity (Wildman–Crippen MR) is 82.4 cm³/mol. The highest BCUT2D eigenvalue weighted by molar-refractivity contribution is 4.89. The second-order valence-corrected chi connectivity index (χ2v) is 6.64. The van der Waals surface area contributed by atoms with Crippen molar-refractivity contribution in [3.63, 3.8) is 0 Å². The molecule has 112 valence electrons. The normalized spacial score (nSPS) is 36.5. The number of nitrogens with two attached hydrogens (primary N) is 1. The second-order valence-electron chi connectivity index (χ2n) is 6.64. The maximum Gasteiger partial charge on any atom is 0.0250 e. The minimum Gasteiger partial charge on any atom is -0.326 e. The van der Waals surface area contributed by atoms with Gasteiger partial charge in [0.15, 0.2) is 0 Å². The van der Waals surface area contributed by atoms with Crippen molar-refractivity contribution in [2.75, 3.05) is 26.7 Å². The molecular formula is C16H33N3. The number of hydrogen-bond acceptors (Lipinski definition) is 3. The van der Waals surface area contributed by atoms with Crippen LogP contribution in [0.4, 0.5) is 0 Å². The Morgan fingerprint density at radius 2 is 1.74 bits per heavy atom. The van der Waals surface area contributed by atoms with Gasteiger partial charge in [0.1, 0.15) is 0 Å². The fourth-order valence-electron chi connectivity index (χ4n) is 3.97. The molecular weight excluding hydrogens is 234 g/mol. The van der Waals surface area contributed by atoms with E-state index in [1.54, 1.807) is 0 Å². The lowest BCUT2D eigenvalue weighted by atomic mass is 9.90. The maximum atomic E-state index is 6.53. The smallest absolute Gasteiger partial charge is 0.0250 e. The summed E-state index contributed by atoms with van der Waals surface area (Å²) >= 11 is 0. The number of likely N-dealkylation sites (N-methyl/N-ethyl adjacent to an activating group) is 1. The number of nitrogens with zero attached hydrogens (tertiary/aromatic N) is 2. The first kappa shape index (κ1) is 15.3. The van der Waals surface area contributed by atoms with Gasteiger partial charge in [0.05, 0.1) is 0 Å². The molecule has 2 fully saturated rings. The third-order valence-electron chi connectivity index (χ3n) is 5.13. The molecule has 3 atom stereocenters. The molecule has 3 nitrogen and oxygen atoms in total. The van der Waals surface area contributed by atoms with Crippen molar-refractivity contribution in [1.29, 1.82) is 0 Å². The number of hydrogen-bond donors (Lipinski definition) is 1. The molecule has 0 amide bonds. The summed E-state index contributed by atoms with van der Waals surface area (Å²) in [6.07, 6.45) is 10.6. The molecule has 19 heavy (non-hydrogen) atoms. The van der Waals surface area contributed by atoms with Gasteiger partial charge in [-0.25, -0.2) is 0 Å². The Labute approximate surface area is 119 Å². The average molecular weight is 267 g/mol. The van der Waals surface area contributed by atoms with E-state index in [1.165, 1.54) is 71.0 Å². The molecule has 0 radical (unpaired) electrons. The van der Waals surface area contributed by atoms with Crippen LogP contribution < -0.4 is 5.73 Å². The SMILES string of the molecule is CCC1CN(C)CCCN1C1CCCCCCC1N. The van der Waals surface area contributed by atoms with Crippen molar-refractivity contribution in [2.45, 2.75) is 76.4 Å². The van der Waals surface area contributed by atoms with Gasteiger partial charge in [-0.15, -0.1) is 0 Å². The van der Waals surface area contributed by atoms with Gasteiger partial charge < -0.3 is 10.6 Å². The molecule has 1 aliphatic heterocycles. The maximum absolute atomic E-state index is 6.53. The highest BCUT2D eigenvalue weighted by Gasteiger charge is 2.31. The summed E-state index contributed by atoms with van der Waals surface area (Å²) in [6.45, 7) is 6.06. The van der Waals surface area contributed by atoms with E-state index in [0.717, 1.165) is 0 Å². The van der Waals surface area contributed by atoms with Crippen molar-refractivity contribution in [2.24, 2.45) is 5.73 Å². The van der Waals surface area contributed by atoms with E-state index in [-0.39, 0.29) is 0 Å². The van der Waals surface area contributed by atoms with Gasteiger partial charge in [0.25, 0.3) is 0 Å². The first-order chi connectivity index (χ1) is 9.22. The molecule has 3 unspecified atom stereocenters. The Balaban J connectivity index is 2.05. The first-order valence-corrected chi connectivity index (χ1v) is 8.42. The molecule has 2 N–H and O–H groups in total. The third kappa shape index (κ3) is 4.17. The Kier molecular flexibility index (Phi) is 6.11. The fraction of sp³-hybridized carbons (Fsp3) is 1.00. The van der Waals surface area contributed by atoms with Crippen LogP contribution >= 0.6 is 0 Å². The van der Waals surface area contributed by atoms with Crippen LogP contribution in [0.1, 0.15) is 58.3 Å². The van der Waals surface area contributed by atoms with E-state index >= 15 is 0 Å². The monoisotopic (exact) mass is 267 g/mol. The molecule has 0 bridgehead atoms. The largest absolute Gasteiger partial charge is 0.326 e. The van der Waals surface area contributed by atoms with Crippen LogP contribution in [-0.2, 0) is 0 Å². The molecule has 1 saturated heterocycles. The van der Waals surface area contributed by atoms with Crippen molar-refractivity contribution >= 4 is 0 Å². The van der Waals surface area contributed by atoms with Gasteiger partial charge in [0.2, 0.25) is 0 Å². The van der Waals surface area contributed by atoms with Gasteiger partial charge in [0, 0.05) is 31.2 Å². The summed E-state index contributed by atoms with van der Waals surface area (Å²) in [7, 11) is 2.27. The van der Waals surface area contributed by atoms with E-state index in [1.807, 2.05) is 0 Å². The van der Waals surface area contributed by atoms with E-state index in [4.69, 9.17) is 5.73 Å². The zero-order chi connectivity index (χ0) is 13.7. The average Bonchev–Trinajstić information content (AvgIpc) is 2.56. The van der Waals surface area contributed by atoms with Gasteiger partial charge in [-0.2, -0.15) is 0 Å². The van der Waals surface area contributed by atoms with E-state index < -0.39 is 0 Å². The van der Waals surface area contributed by atoms with Crippen molar-refractivity contribution in [3.05, 3.63) is 0 Å². The van der Waals surface area contributed by atoms with E-state index in [0.29, 0.717) is 18.1 Å². The van der Waals surface area contributed by atoms with Gasteiger partial charge in [-0.05, 0) is 39.3 Å². The lowest BCUT2D eigenvalue weighted by Crippen LogP contribution is -2.53.